The molecule has 2 nitrogen and oxygen atoms in total. The zero-order valence-electron chi connectivity index (χ0n) is 12.1. The van der Waals surface area contributed by atoms with Crippen molar-refractivity contribution in [3.05, 3.63) is 64.4 Å². The van der Waals surface area contributed by atoms with Crippen molar-refractivity contribution in [1.29, 1.82) is 0 Å². The first-order chi connectivity index (χ1) is 10.4. The minimum absolute atomic E-state index is 0.277. The predicted molar refractivity (Wildman–Crippen MR) is 89.3 cm³/mol. The van der Waals surface area contributed by atoms with E-state index in [1.165, 1.54) is 12.1 Å². The summed E-state index contributed by atoms with van der Waals surface area (Å²) < 4.78 is 24.1. The molecular weight excluding hydrogens is 323 g/mol. The summed E-state index contributed by atoms with van der Waals surface area (Å²) in [4.78, 5) is 0. The van der Waals surface area contributed by atoms with E-state index >= 15 is 0 Å². The molecule has 0 saturated carbocycles. The van der Waals surface area contributed by atoms with Crippen molar-refractivity contribution in [1.82, 2.24) is 0 Å². The Morgan fingerprint density at radius 2 is 1.86 bits per heavy atom. The van der Waals surface area contributed by atoms with Crippen LogP contribution in [0.1, 0.15) is 25.0 Å². The van der Waals surface area contributed by atoms with Crippen molar-refractivity contribution in [3.8, 4) is 11.5 Å². The number of benzene rings is 2. The van der Waals surface area contributed by atoms with Gasteiger partial charge in [0.25, 0.3) is 0 Å². The molecule has 0 spiro atoms. The number of hydrogen-bond donors (Lipinski definition) is 1. The van der Waals surface area contributed by atoms with Gasteiger partial charge in [0, 0.05) is 30.6 Å². The summed E-state index contributed by atoms with van der Waals surface area (Å²) in [6, 6.07) is 9.73. The topological polar surface area (TPSA) is 18.5 Å². The molecule has 5 heteroatoms. The normalized spacial score (nSPS) is 15.6. The molecule has 22 heavy (non-hydrogen) atoms. The quantitative estimate of drug-likeness (QED) is 0.592. The molecule has 0 aromatic heterocycles. The van der Waals surface area contributed by atoms with Gasteiger partial charge < -0.3 is 8.92 Å². The van der Waals surface area contributed by atoms with Crippen LogP contribution >= 0.6 is 24.5 Å². The SMILES string of the molecule is CC1(C)C=C(c2ccc(F)cc2)c2c(Cl)cc(OS)cc2O1. The third kappa shape index (κ3) is 2.81. The molecule has 0 atom stereocenters. The molecule has 0 saturated heterocycles. The molecule has 0 amide bonds. The molecule has 2 aromatic carbocycles. The maximum absolute atomic E-state index is 13.2. The van der Waals surface area contributed by atoms with E-state index < -0.39 is 5.60 Å². The number of ether oxygens (including phenoxy) is 1. The van der Waals surface area contributed by atoms with E-state index in [9.17, 15) is 4.39 Å². The lowest BCUT2D eigenvalue weighted by molar-refractivity contribution is 0.158. The average Bonchev–Trinajstić information content (AvgIpc) is 2.45. The van der Waals surface area contributed by atoms with Gasteiger partial charge >= 0.3 is 0 Å². The predicted octanol–water partition coefficient (Wildman–Crippen LogP) is 5.31. The maximum Gasteiger partial charge on any atom is 0.142 e. The molecule has 0 aliphatic carbocycles. The van der Waals surface area contributed by atoms with Gasteiger partial charge in [0.15, 0.2) is 0 Å². The second kappa shape index (κ2) is 5.52. The molecule has 114 valence electrons. The highest BCUT2D eigenvalue weighted by molar-refractivity contribution is 7.75. The maximum atomic E-state index is 13.2. The van der Waals surface area contributed by atoms with Crippen molar-refractivity contribution in [2.24, 2.45) is 0 Å². The third-order valence-corrected chi connectivity index (χ3v) is 3.93. The lowest BCUT2D eigenvalue weighted by Gasteiger charge is -2.32. The molecule has 0 unspecified atom stereocenters. The van der Waals surface area contributed by atoms with Gasteiger partial charge in [0.1, 0.15) is 22.9 Å². The molecule has 0 N–H and O–H groups in total. The zero-order chi connectivity index (χ0) is 15.9. The van der Waals surface area contributed by atoms with Crippen LogP contribution in [0.15, 0.2) is 42.5 Å². The molecule has 1 heterocycles. The monoisotopic (exact) mass is 336 g/mol. The van der Waals surface area contributed by atoms with Gasteiger partial charge in [-0.3, -0.25) is 0 Å². The van der Waals surface area contributed by atoms with Crippen molar-refractivity contribution in [2.75, 3.05) is 0 Å². The Bertz CT molecular complexity index is 754. The number of hydrogen-bond acceptors (Lipinski definition) is 3. The van der Waals surface area contributed by atoms with Crippen molar-refractivity contribution in [2.45, 2.75) is 19.4 Å². The lowest BCUT2D eigenvalue weighted by atomic mass is 9.90. The van der Waals surface area contributed by atoms with E-state index in [0.29, 0.717) is 16.5 Å². The highest BCUT2D eigenvalue weighted by Gasteiger charge is 2.29. The van der Waals surface area contributed by atoms with Crippen molar-refractivity contribution < 1.29 is 13.3 Å². The molecule has 2 aromatic rings. The second-order valence-electron chi connectivity index (χ2n) is 5.64. The summed E-state index contributed by atoms with van der Waals surface area (Å²) in [5.41, 5.74) is 2.03. The van der Waals surface area contributed by atoms with Gasteiger partial charge in [-0.25, -0.2) is 4.39 Å². The first-order valence-electron chi connectivity index (χ1n) is 6.73. The van der Waals surface area contributed by atoms with E-state index in [1.807, 2.05) is 19.9 Å². The van der Waals surface area contributed by atoms with Gasteiger partial charge in [-0.05, 0) is 43.2 Å². The Labute approximate surface area is 139 Å². The van der Waals surface area contributed by atoms with Crippen LogP contribution in [0.5, 0.6) is 11.5 Å². The van der Waals surface area contributed by atoms with Crippen LogP contribution in [0.25, 0.3) is 5.57 Å². The molecule has 1 aliphatic heterocycles. The molecule has 0 radical (unpaired) electrons. The van der Waals surface area contributed by atoms with Crippen LogP contribution in [0, 0.1) is 5.82 Å². The van der Waals surface area contributed by atoms with Crippen molar-refractivity contribution >= 4 is 30.1 Å². The van der Waals surface area contributed by atoms with Gasteiger partial charge in [-0.1, -0.05) is 23.7 Å². The largest absolute Gasteiger partial charge is 0.483 e. The van der Waals surface area contributed by atoms with Crippen LogP contribution < -0.4 is 8.92 Å². The summed E-state index contributed by atoms with van der Waals surface area (Å²) in [6.07, 6.45) is 1.98. The standard InChI is InChI=1S/C17H14ClFO2S/c1-17(2)9-13(10-3-5-11(19)6-4-10)16-14(18)7-12(21-22)8-15(16)20-17/h3-9,22H,1-2H3. The highest BCUT2D eigenvalue weighted by Crippen LogP contribution is 2.45. The fraction of sp³-hybridized carbons (Fsp3) is 0.176. The lowest BCUT2D eigenvalue weighted by Crippen LogP contribution is -2.29. The van der Waals surface area contributed by atoms with Gasteiger partial charge in [0.2, 0.25) is 0 Å². The van der Waals surface area contributed by atoms with E-state index in [4.69, 9.17) is 20.5 Å². The summed E-state index contributed by atoms with van der Waals surface area (Å²) in [7, 11) is 0. The molecular formula is C17H14ClFO2S. The number of rotatable bonds is 2. The third-order valence-electron chi connectivity index (χ3n) is 3.42. The van der Waals surface area contributed by atoms with Crippen LogP contribution in [0.2, 0.25) is 5.02 Å². The van der Waals surface area contributed by atoms with E-state index in [0.717, 1.165) is 16.7 Å². The molecule has 3 rings (SSSR count). The van der Waals surface area contributed by atoms with E-state index in [-0.39, 0.29) is 5.82 Å². The number of thiol groups is 1. The minimum Gasteiger partial charge on any atom is -0.483 e. The summed E-state index contributed by atoms with van der Waals surface area (Å²) in [5, 5.41) is 0.493. The van der Waals surface area contributed by atoms with Crippen LogP contribution in [-0.4, -0.2) is 5.60 Å². The summed E-state index contributed by atoms with van der Waals surface area (Å²) in [6.45, 7) is 3.89. The molecule has 0 bridgehead atoms. The first kappa shape index (κ1) is 15.3. The van der Waals surface area contributed by atoms with Gasteiger partial charge in [-0.15, -0.1) is 0 Å². The highest BCUT2D eigenvalue weighted by atomic mass is 35.5. The fourth-order valence-electron chi connectivity index (χ4n) is 2.54. The first-order valence-corrected chi connectivity index (χ1v) is 7.47. The Hall–Kier alpha value is -1.65. The number of fused-ring (bicyclic) bond motifs is 1. The summed E-state index contributed by atoms with van der Waals surface area (Å²) >= 11 is 10.2. The van der Waals surface area contributed by atoms with Crippen LogP contribution in [0.4, 0.5) is 4.39 Å². The van der Waals surface area contributed by atoms with E-state index in [2.05, 4.69) is 12.9 Å². The minimum atomic E-state index is -0.519. The van der Waals surface area contributed by atoms with E-state index in [1.54, 1.807) is 24.3 Å². The van der Waals surface area contributed by atoms with Crippen molar-refractivity contribution in [3.63, 3.8) is 0 Å². The number of halogens is 2. The average molecular weight is 337 g/mol. The smallest absolute Gasteiger partial charge is 0.142 e. The van der Waals surface area contributed by atoms with Gasteiger partial charge in [0.05, 0.1) is 5.02 Å². The molecule has 0 fully saturated rings. The zero-order valence-corrected chi connectivity index (χ0v) is 13.7. The summed E-state index contributed by atoms with van der Waals surface area (Å²) in [5.74, 6) is 0.840. The van der Waals surface area contributed by atoms with Crippen LogP contribution in [-0.2, 0) is 0 Å². The van der Waals surface area contributed by atoms with Gasteiger partial charge in [-0.2, -0.15) is 0 Å². The Morgan fingerprint density at radius 1 is 1.18 bits per heavy atom. The fourth-order valence-corrected chi connectivity index (χ4v) is 2.95. The van der Waals surface area contributed by atoms with Crippen LogP contribution in [0.3, 0.4) is 0 Å². The Kier molecular flexibility index (Phi) is 3.83. The Balaban J connectivity index is 2.22. The molecule has 1 aliphatic rings. The second-order valence-corrected chi connectivity index (χ2v) is 6.23. The Morgan fingerprint density at radius 3 is 2.50 bits per heavy atom.